The second kappa shape index (κ2) is 19.7. The molecule has 9 rings (SSSR count). The van der Waals surface area contributed by atoms with E-state index < -0.39 is 0 Å². The van der Waals surface area contributed by atoms with Gasteiger partial charge in [-0.25, -0.2) is 4.98 Å². The van der Waals surface area contributed by atoms with Crippen LogP contribution in [0.15, 0.2) is 190 Å². The smallest absolute Gasteiger partial charge is 0.138 e. The molecule has 2 aliphatic carbocycles. The monoisotopic (exact) mass is 760 g/mol. The van der Waals surface area contributed by atoms with Crippen LogP contribution < -0.4 is 0 Å². The average molecular weight is 761 g/mol. The number of hydrogen-bond acceptors (Lipinski definition) is 1. The number of fused-ring (bicyclic) bond motifs is 7. The van der Waals surface area contributed by atoms with E-state index in [0.29, 0.717) is 0 Å². The lowest BCUT2D eigenvalue weighted by atomic mass is 9.59. The number of rotatable bonds is 5. The summed E-state index contributed by atoms with van der Waals surface area (Å²) >= 11 is 0. The molecule has 1 N–H and O–H groups in total. The van der Waals surface area contributed by atoms with Crippen molar-refractivity contribution in [1.82, 2.24) is 9.97 Å². The van der Waals surface area contributed by atoms with E-state index in [1.807, 2.05) is 45.9 Å². The van der Waals surface area contributed by atoms with E-state index in [9.17, 15) is 0 Å². The van der Waals surface area contributed by atoms with Crippen molar-refractivity contribution < 1.29 is 0 Å². The van der Waals surface area contributed by atoms with Crippen LogP contribution >= 0.6 is 0 Å². The summed E-state index contributed by atoms with van der Waals surface area (Å²) in [5, 5.41) is 0. The number of benzene rings is 6. The normalized spacial score (nSPS) is 15.1. The van der Waals surface area contributed by atoms with Crippen LogP contribution in [-0.2, 0) is 17.3 Å². The Kier molecular flexibility index (Phi) is 14.6. The number of H-pyrrole nitrogens is 1. The highest BCUT2D eigenvalue weighted by Gasteiger charge is 2.46. The minimum Gasteiger partial charge on any atom is -0.338 e. The SMILES string of the molecule is C/C=C\C=C/CC.C=C.C=CC.CC.CC1(C)c2ccccc2-c2c1cccc2C1(c2ccccc2)Cc2cc(-c3nc4ccccc4[nH]3)ccc2-c2ccccc21. The number of allylic oxidation sites excluding steroid dienone is 5. The Morgan fingerprint density at radius 1 is 0.655 bits per heavy atom. The van der Waals surface area contributed by atoms with Crippen molar-refractivity contribution >= 4 is 11.0 Å². The maximum atomic E-state index is 4.96. The predicted molar refractivity (Wildman–Crippen MR) is 254 cm³/mol. The van der Waals surface area contributed by atoms with Gasteiger partial charge in [-0.2, -0.15) is 0 Å². The Hall–Kier alpha value is -6.25. The van der Waals surface area contributed by atoms with Gasteiger partial charge in [-0.15, -0.1) is 19.7 Å². The average Bonchev–Trinajstić information content (AvgIpc) is 3.82. The van der Waals surface area contributed by atoms with Crippen LogP contribution in [0.4, 0.5) is 0 Å². The summed E-state index contributed by atoms with van der Waals surface area (Å²) in [5.41, 5.74) is 16.3. The van der Waals surface area contributed by atoms with E-state index in [2.05, 4.69) is 191 Å². The van der Waals surface area contributed by atoms with Gasteiger partial charge in [0.1, 0.15) is 5.82 Å². The summed E-state index contributed by atoms with van der Waals surface area (Å²) in [4.78, 5) is 8.53. The molecule has 7 aromatic rings. The van der Waals surface area contributed by atoms with Crippen molar-refractivity contribution in [3.63, 3.8) is 0 Å². The van der Waals surface area contributed by atoms with Gasteiger partial charge in [-0.3, -0.25) is 0 Å². The van der Waals surface area contributed by atoms with Gasteiger partial charge in [-0.05, 0) is 101 Å². The van der Waals surface area contributed by atoms with E-state index in [-0.39, 0.29) is 10.8 Å². The molecule has 2 heteroatoms. The summed E-state index contributed by atoms with van der Waals surface area (Å²) in [5.74, 6) is 0.912. The highest BCUT2D eigenvalue weighted by molar-refractivity contribution is 5.88. The van der Waals surface area contributed by atoms with Gasteiger partial charge in [-0.1, -0.05) is 186 Å². The zero-order valence-corrected chi connectivity index (χ0v) is 35.6. The molecule has 2 nitrogen and oxygen atoms in total. The van der Waals surface area contributed by atoms with Crippen molar-refractivity contribution in [3.05, 3.63) is 223 Å². The fourth-order valence-electron chi connectivity index (χ4n) is 8.52. The third-order valence-corrected chi connectivity index (χ3v) is 10.9. The molecular weight excluding hydrogens is 701 g/mol. The van der Waals surface area contributed by atoms with Crippen LogP contribution in [0.2, 0.25) is 0 Å². The Labute approximate surface area is 348 Å². The van der Waals surface area contributed by atoms with Crippen molar-refractivity contribution in [2.24, 2.45) is 0 Å². The van der Waals surface area contributed by atoms with Crippen LogP contribution in [0.1, 0.15) is 88.3 Å². The van der Waals surface area contributed by atoms with Crippen LogP contribution in [0.25, 0.3) is 44.7 Å². The molecule has 1 aromatic heterocycles. The van der Waals surface area contributed by atoms with Gasteiger partial charge in [0.2, 0.25) is 0 Å². The van der Waals surface area contributed by atoms with Crippen LogP contribution in [-0.4, -0.2) is 9.97 Å². The largest absolute Gasteiger partial charge is 0.338 e. The number of nitrogens with one attached hydrogen (secondary N) is 1. The molecule has 0 saturated carbocycles. The van der Waals surface area contributed by atoms with Crippen LogP contribution in [0, 0.1) is 0 Å². The number of nitrogens with zero attached hydrogens (tertiary/aromatic N) is 1. The zero-order valence-electron chi connectivity index (χ0n) is 35.6. The summed E-state index contributed by atoms with van der Waals surface area (Å²) in [6, 6.07) is 51.5. The minimum atomic E-state index is -0.379. The fraction of sp³-hybridized carbons (Fsp3) is 0.196. The minimum absolute atomic E-state index is 0.0691. The molecule has 58 heavy (non-hydrogen) atoms. The maximum Gasteiger partial charge on any atom is 0.138 e. The number of imidazole rings is 1. The van der Waals surface area contributed by atoms with Gasteiger partial charge >= 0.3 is 0 Å². The molecule has 6 aromatic carbocycles. The lowest BCUT2D eigenvalue weighted by molar-refractivity contribution is 0.604. The van der Waals surface area contributed by atoms with Crippen molar-refractivity contribution in [2.75, 3.05) is 0 Å². The van der Waals surface area contributed by atoms with Crippen molar-refractivity contribution in [1.29, 1.82) is 0 Å². The molecule has 1 heterocycles. The van der Waals surface area contributed by atoms with Gasteiger partial charge in [0, 0.05) is 11.0 Å². The standard InChI is InChI=1S/C42H32N2.C7H12.C3H6.C2H6.C2H4/c1-41(2)33-17-8-7-16-32(33)39-35(41)19-12-20-36(39)42(29-13-4-3-5-14-29)26-28-25-27(40-43-37-21-10-11-22-38(37)44-40)23-24-30(28)31-15-6-9-18-34(31)42;1-3-5-7-6-4-2;1-3-2;2*1-2/h3-25H,26H2,1-2H3,(H,43,44);3,5-7H,4H2,1-2H3;3H,1H2,2H3;1-2H3;1-2H2/b;5-3-,7-6-;;;. The molecule has 1 atom stereocenters. The molecule has 0 saturated heterocycles. The van der Waals surface area contributed by atoms with Gasteiger partial charge in [0.05, 0.1) is 16.4 Å². The number of aromatic nitrogens is 2. The Bertz CT molecular complexity index is 2460. The maximum absolute atomic E-state index is 4.96. The number of aromatic amines is 1. The molecule has 0 bridgehead atoms. The lowest BCUT2D eigenvalue weighted by Crippen LogP contribution is -2.36. The first kappa shape index (κ1) is 42.9. The van der Waals surface area contributed by atoms with Crippen molar-refractivity contribution in [3.8, 4) is 33.6 Å². The zero-order chi connectivity index (χ0) is 41.7. The molecule has 0 radical (unpaired) electrons. The Balaban J connectivity index is 0.000000403. The molecule has 2 aliphatic rings. The third kappa shape index (κ3) is 8.11. The highest BCUT2D eigenvalue weighted by Crippen LogP contribution is 2.57. The molecule has 0 fully saturated rings. The second-order valence-corrected chi connectivity index (χ2v) is 14.6. The Morgan fingerprint density at radius 2 is 1.26 bits per heavy atom. The first-order valence-corrected chi connectivity index (χ1v) is 20.7. The first-order valence-electron chi connectivity index (χ1n) is 20.7. The van der Waals surface area contributed by atoms with E-state index in [1.54, 1.807) is 6.08 Å². The first-order chi connectivity index (χ1) is 28.4. The van der Waals surface area contributed by atoms with Gasteiger partial charge < -0.3 is 4.98 Å². The summed E-state index contributed by atoms with van der Waals surface area (Å²) in [6.07, 6.45) is 12.0. The highest BCUT2D eigenvalue weighted by atomic mass is 14.9. The number of hydrogen-bond donors (Lipinski definition) is 1. The van der Waals surface area contributed by atoms with E-state index in [4.69, 9.17) is 4.98 Å². The van der Waals surface area contributed by atoms with E-state index in [0.717, 1.165) is 35.3 Å². The molecule has 0 spiro atoms. The number of para-hydroxylation sites is 2. The van der Waals surface area contributed by atoms with Crippen molar-refractivity contribution in [2.45, 2.75) is 72.1 Å². The van der Waals surface area contributed by atoms with E-state index in [1.165, 1.54) is 55.6 Å². The van der Waals surface area contributed by atoms with Gasteiger partial charge in [0.15, 0.2) is 0 Å². The summed E-state index contributed by atoms with van der Waals surface area (Å²) in [6.45, 7) is 24.1. The molecule has 1 unspecified atom stereocenters. The quantitative estimate of drug-likeness (QED) is 0.137. The van der Waals surface area contributed by atoms with Gasteiger partial charge in [0.25, 0.3) is 0 Å². The topological polar surface area (TPSA) is 28.7 Å². The Morgan fingerprint density at radius 3 is 1.95 bits per heavy atom. The summed E-state index contributed by atoms with van der Waals surface area (Å²) < 4.78 is 0. The predicted octanol–water partition coefficient (Wildman–Crippen LogP) is 15.6. The van der Waals surface area contributed by atoms with Crippen LogP contribution in [0.5, 0.6) is 0 Å². The summed E-state index contributed by atoms with van der Waals surface area (Å²) in [7, 11) is 0. The fourth-order valence-corrected chi connectivity index (χ4v) is 8.52. The third-order valence-electron chi connectivity index (χ3n) is 10.9. The molecule has 294 valence electrons. The van der Waals surface area contributed by atoms with E-state index >= 15 is 0 Å². The molecule has 0 aliphatic heterocycles. The lowest BCUT2D eigenvalue weighted by Gasteiger charge is -2.43. The second-order valence-electron chi connectivity index (χ2n) is 14.6. The molecule has 0 amide bonds. The molecular formula is C56H60N2. The van der Waals surface area contributed by atoms with Crippen LogP contribution in [0.3, 0.4) is 0 Å².